The lowest BCUT2D eigenvalue weighted by molar-refractivity contribution is -0.384. The maximum absolute atomic E-state index is 13.3. The molecule has 1 heterocycles. The topological polar surface area (TPSA) is 151 Å². The monoisotopic (exact) mass is 618 g/mol. The number of nitrogens with two attached hydrogens (primary N) is 1. The molecule has 4 N–H and O–H groups in total. The van der Waals surface area contributed by atoms with E-state index in [9.17, 15) is 24.5 Å². The minimum atomic E-state index is -0.526. The number of hydrogen-bond acceptors (Lipinski definition) is 7. The third-order valence-corrected chi connectivity index (χ3v) is 8.38. The molecular formula is C32H35ClN6O5. The van der Waals surface area contributed by atoms with Gasteiger partial charge in [-0.15, -0.1) is 0 Å². The van der Waals surface area contributed by atoms with E-state index in [1.54, 1.807) is 41.3 Å². The molecule has 0 spiro atoms. The Morgan fingerprint density at radius 3 is 2.27 bits per heavy atom. The van der Waals surface area contributed by atoms with Crippen molar-refractivity contribution in [1.82, 2.24) is 10.2 Å². The molecule has 11 nitrogen and oxygen atoms in total. The molecule has 3 amide bonds. The number of amides is 3. The van der Waals surface area contributed by atoms with E-state index in [2.05, 4.69) is 15.5 Å². The number of nitrogens with zero attached hydrogens (tertiary/aromatic N) is 3. The number of anilines is 2. The van der Waals surface area contributed by atoms with E-state index in [1.165, 1.54) is 24.3 Å². The fourth-order valence-corrected chi connectivity index (χ4v) is 5.87. The average Bonchev–Trinajstić information content (AvgIpc) is 3.28. The van der Waals surface area contributed by atoms with Crippen LogP contribution in [0.25, 0.3) is 0 Å². The zero-order chi connectivity index (χ0) is 31.2. The molecule has 3 aromatic carbocycles. The molecule has 3 aromatic rings. The molecule has 2 aliphatic rings. The Labute approximate surface area is 260 Å². The van der Waals surface area contributed by atoms with E-state index in [0.717, 1.165) is 25.7 Å². The number of carbonyl (C=O) groups excluding carboxylic acids is 3. The fourth-order valence-electron chi connectivity index (χ4n) is 5.68. The van der Waals surface area contributed by atoms with Gasteiger partial charge in [0, 0.05) is 72.1 Å². The molecule has 1 aliphatic carbocycles. The van der Waals surface area contributed by atoms with Gasteiger partial charge in [-0.25, -0.2) is 0 Å². The number of hydrogen-bond donors (Lipinski definition) is 3. The molecule has 44 heavy (non-hydrogen) atoms. The van der Waals surface area contributed by atoms with Gasteiger partial charge in [0.1, 0.15) is 0 Å². The van der Waals surface area contributed by atoms with Crippen LogP contribution in [-0.4, -0.2) is 65.8 Å². The number of rotatable bonds is 7. The molecule has 0 aromatic heterocycles. The van der Waals surface area contributed by atoms with E-state index >= 15 is 0 Å². The van der Waals surface area contributed by atoms with Crippen LogP contribution >= 0.6 is 11.6 Å². The van der Waals surface area contributed by atoms with Gasteiger partial charge in [0.25, 0.3) is 23.4 Å². The van der Waals surface area contributed by atoms with Gasteiger partial charge >= 0.3 is 0 Å². The molecule has 0 unspecified atom stereocenters. The zero-order valence-electron chi connectivity index (χ0n) is 24.2. The summed E-state index contributed by atoms with van der Waals surface area (Å²) in [5.41, 5.74) is 8.20. The minimum Gasteiger partial charge on any atom is -0.368 e. The quantitative estimate of drug-likeness (QED) is 0.253. The van der Waals surface area contributed by atoms with Gasteiger partial charge in [0.2, 0.25) is 0 Å². The lowest BCUT2D eigenvalue weighted by Gasteiger charge is -2.28. The Bertz CT molecular complexity index is 1540. The standard InChI is InChI=1S/C32H35ClN6O5/c33-24-4-1-3-23(19-24)32(42)38-16-2-15-37(17-18-38)29-14-7-22(31(41)35-26-10-8-25(34)9-11-26)20-28(29)36-30(40)21-5-12-27(13-6-21)39(43)44/h1,3-7,12-14,19-20,25-26H,2,8-11,15-18,34H2,(H,35,41)(H,36,40). The second-order valence-corrected chi connectivity index (χ2v) is 11.7. The molecule has 230 valence electrons. The first-order chi connectivity index (χ1) is 21.2. The molecule has 0 bridgehead atoms. The summed E-state index contributed by atoms with van der Waals surface area (Å²) in [6.45, 7) is 2.12. The maximum Gasteiger partial charge on any atom is 0.269 e. The highest BCUT2D eigenvalue weighted by atomic mass is 35.5. The third kappa shape index (κ3) is 7.53. The second kappa shape index (κ2) is 13.9. The van der Waals surface area contributed by atoms with Gasteiger partial charge in [0.15, 0.2) is 0 Å². The summed E-state index contributed by atoms with van der Waals surface area (Å²) < 4.78 is 0. The summed E-state index contributed by atoms with van der Waals surface area (Å²) >= 11 is 6.11. The predicted molar refractivity (Wildman–Crippen MR) is 169 cm³/mol. The van der Waals surface area contributed by atoms with Crippen molar-refractivity contribution in [2.24, 2.45) is 5.73 Å². The van der Waals surface area contributed by atoms with Crippen molar-refractivity contribution in [3.8, 4) is 0 Å². The van der Waals surface area contributed by atoms with Crippen molar-refractivity contribution in [3.05, 3.63) is 98.6 Å². The Hall–Kier alpha value is -4.48. The van der Waals surface area contributed by atoms with Crippen molar-refractivity contribution in [1.29, 1.82) is 0 Å². The summed E-state index contributed by atoms with van der Waals surface area (Å²) in [5.74, 6) is -0.804. The highest BCUT2D eigenvalue weighted by Gasteiger charge is 2.25. The van der Waals surface area contributed by atoms with Crippen molar-refractivity contribution < 1.29 is 19.3 Å². The molecular weight excluding hydrogens is 584 g/mol. The zero-order valence-corrected chi connectivity index (χ0v) is 25.0. The maximum atomic E-state index is 13.3. The van der Waals surface area contributed by atoms with Crippen LogP contribution in [0.5, 0.6) is 0 Å². The van der Waals surface area contributed by atoms with Gasteiger partial charge < -0.3 is 26.2 Å². The van der Waals surface area contributed by atoms with Gasteiger partial charge in [-0.1, -0.05) is 17.7 Å². The highest BCUT2D eigenvalue weighted by Crippen LogP contribution is 2.30. The Kier molecular flexibility index (Phi) is 9.76. The first kappa shape index (κ1) is 31.0. The van der Waals surface area contributed by atoms with Gasteiger partial charge in [-0.05, 0) is 80.6 Å². The fraction of sp³-hybridized carbons (Fsp3) is 0.344. The largest absolute Gasteiger partial charge is 0.368 e. The van der Waals surface area contributed by atoms with E-state index in [-0.39, 0.29) is 35.1 Å². The summed E-state index contributed by atoms with van der Waals surface area (Å²) in [6.07, 6.45) is 4.02. The van der Waals surface area contributed by atoms with Crippen LogP contribution in [0.2, 0.25) is 5.02 Å². The van der Waals surface area contributed by atoms with E-state index in [0.29, 0.717) is 60.1 Å². The van der Waals surface area contributed by atoms with Crippen LogP contribution in [0.4, 0.5) is 17.1 Å². The number of halogens is 1. The highest BCUT2D eigenvalue weighted by molar-refractivity contribution is 6.31. The number of carbonyl (C=O) groups is 3. The van der Waals surface area contributed by atoms with Crippen LogP contribution < -0.4 is 21.3 Å². The lowest BCUT2D eigenvalue weighted by atomic mass is 9.91. The average molecular weight is 619 g/mol. The predicted octanol–water partition coefficient (Wildman–Crippen LogP) is 4.85. The van der Waals surface area contributed by atoms with Gasteiger partial charge in [-0.3, -0.25) is 24.5 Å². The third-order valence-electron chi connectivity index (χ3n) is 8.15. The smallest absolute Gasteiger partial charge is 0.269 e. The molecule has 0 radical (unpaired) electrons. The number of nitro benzene ring substituents is 1. The van der Waals surface area contributed by atoms with E-state index < -0.39 is 10.8 Å². The first-order valence-electron chi connectivity index (χ1n) is 14.7. The Morgan fingerprint density at radius 2 is 1.57 bits per heavy atom. The lowest BCUT2D eigenvalue weighted by Crippen LogP contribution is -2.40. The number of nitro groups is 1. The molecule has 5 rings (SSSR count). The van der Waals surface area contributed by atoms with Crippen molar-refractivity contribution in [2.45, 2.75) is 44.2 Å². The first-order valence-corrected chi connectivity index (χ1v) is 15.1. The molecule has 1 saturated carbocycles. The second-order valence-electron chi connectivity index (χ2n) is 11.2. The molecule has 0 atom stereocenters. The Balaban J connectivity index is 1.37. The van der Waals surface area contributed by atoms with Crippen molar-refractivity contribution in [2.75, 3.05) is 36.4 Å². The number of nitrogens with one attached hydrogen (secondary N) is 2. The van der Waals surface area contributed by atoms with E-state index in [1.807, 2.05) is 6.07 Å². The molecule has 2 fully saturated rings. The Morgan fingerprint density at radius 1 is 0.841 bits per heavy atom. The van der Waals surface area contributed by atoms with Crippen LogP contribution in [0.1, 0.15) is 63.2 Å². The normalized spacial score (nSPS) is 18.7. The molecule has 1 aliphatic heterocycles. The molecule has 12 heteroatoms. The summed E-state index contributed by atoms with van der Waals surface area (Å²) in [7, 11) is 0. The number of benzene rings is 3. The van der Waals surface area contributed by atoms with Crippen LogP contribution in [0.3, 0.4) is 0 Å². The van der Waals surface area contributed by atoms with Gasteiger partial charge in [-0.2, -0.15) is 0 Å². The SMILES string of the molecule is NC1CCC(NC(=O)c2ccc(N3CCCN(C(=O)c4cccc(Cl)c4)CC3)c(NC(=O)c3ccc([N+](=O)[O-])cc3)c2)CC1. The number of non-ortho nitro benzene ring substituents is 1. The minimum absolute atomic E-state index is 0.0359. The molecule has 1 saturated heterocycles. The summed E-state index contributed by atoms with van der Waals surface area (Å²) in [5, 5.41) is 17.6. The van der Waals surface area contributed by atoms with Crippen molar-refractivity contribution in [3.63, 3.8) is 0 Å². The van der Waals surface area contributed by atoms with Gasteiger partial charge in [0.05, 0.1) is 16.3 Å². The summed E-state index contributed by atoms with van der Waals surface area (Å²) in [6, 6.07) is 17.6. The van der Waals surface area contributed by atoms with Crippen LogP contribution in [-0.2, 0) is 0 Å². The summed E-state index contributed by atoms with van der Waals surface area (Å²) in [4.78, 5) is 54.1. The van der Waals surface area contributed by atoms with Crippen LogP contribution in [0.15, 0.2) is 66.7 Å². The van der Waals surface area contributed by atoms with Crippen molar-refractivity contribution >= 4 is 46.4 Å². The van der Waals surface area contributed by atoms with E-state index in [4.69, 9.17) is 17.3 Å². The van der Waals surface area contributed by atoms with Crippen LogP contribution in [0, 0.1) is 10.1 Å².